The molecule has 0 aliphatic carbocycles. The number of H-pyrrole nitrogens is 1. The monoisotopic (exact) mass is 1070 g/mol. The number of ether oxygens (including phenoxy) is 5. The zero-order chi connectivity index (χ0) is 55.1. The second kappa shape index (κ2) is 26.4. The number of nitrogens with zero attached hydrogens (tertiary/aromatic N) is 5. The summed E-state index contributed by atoms with van der Waals surface area (Å²) in [6.07, 6.45) is 8.64. The van der Waals surface area contributed by atoms with Crippen molar-refractivity contribution < 1.29 is 52.5 Å². The van der Waals surface area contributed by atoms with E-state index in [1.165, 1.54) is 0 Å². The molecule has 1 fully saturated rings. The predicted molar refractivity (Wildman–Crippen MR) is 289 cm³/mol. The minimum atomic E-state index is -0.745. The summed E-state index contributed by atoms with van der Waals surface area (Å²) in [6.45, 7) is 10.8. The highest BCUT2D eigenvalue weighted by Crippen LogP contribution is 2.38. The van der Waals surface area contributed by atoms with E-state index >= 15 is 0 Å². The molecule has 3 aliphatic heterocycles. The molecule has 6 amide bonds. The number of unbranched alkanes of at least 4 members (excludes halogenated alkanes) is 2. The van der Waals surface area contributed by atoms with Crippen LogP contribution >= 0.6 is 0 Å². The van der Waals surface area contributed by atoms with Gasteiger partial charge in [-0.1, -0.05) is 12.1 Å². The fraction of sp³-hybridized carbons (Fsp3) is 0.456. The Labute approximate surface area is 453 Å². The fourth-order valence-corrected chi connectivity index (χ4v) is 9.64. The summed E-state index contributed by atoms with van der Waals surface area (Å²) in [7, 11) is 0. The van der Waals surface area contributed by atoms with E-state index in [-0.39, 0.29) is 48.9 Å². The molecule has 78 heavy (non-hydrogen) atoms. The molecule has 8 rings (SSSR count). The van der Waals surface area contributed by atoms with E-state index < -0.39 is 17.0 Å². The van der Waals surface area contributed by atoms with Gasteiger partial charge >= 0.3 is 6.09 Å². The summed E-state index contributed by atoms with van der Waals surface area (Å²) in [6, 6.07) is 21.4. The van der Waals surface area contributed by atoms with Crippen LogP contribution in [0.3, 0.4) is 0 Å². The quantitative estimate of drug-likeness (QED) is 0.0281. The van der Waals surface area contributed by atoms with E-state index in [0.29, 0.717) is 142 Å². The molecule has 3 aliphatic rings. The first-order valence-electron chi connectivity index (χ1n) is 26.7. The molecule has 5 heterocycles. The third-order valence-electron chi connectivity index (χ3n) is 13.8. The van der Waals surface area contributed by atoms with Crippen LogP contribution in [0.25, 0.3) is 11.4 Å². The Morgan fingerprint density at radius 3 is 2.47 bits per heavy atom. The highest BCUT2D eigenvalue weighted by Gasteiger charge is 2.42. The molecular weight excluding hydrogens is 1000 g/mol. The number of rotatable bonds is 25. The van der Waals surface area contributed by atoms with Crippen LogP contribution in [0.4, 0.5) is 16.2 Å². The first kappa shape index (κ1) is 56.3. The minimum Gasteiger partial charge on any atom is -0.494 e. The molecular formula is C57H70N10O11. The number of benzene rings is 3. The summed E-state index contributed by atoms with van der Waals surface area (Å²) < 4.78 is 29.2. The van der Waals surface area contributed by atoms with E-state index in [4.69, 9.17) is 28.7 Å². The maximum absolute atomic E-state index is 14.0. The van der Waals surface area contributed by atoms with E-state index in [9.17, 15) is 28.8 Å². The van der Waals surface area contributed by atoms with Crippen molar-refractivity contribution in [2.75, 3.05) is 63.4 Å². The molecule has 21 nitrogen and oxygen atoms in total. The van der Waals surface area contributed by atoms with Crippen molar-refractivity contribution in [1.82, 2.24) is 40.6 Å². The average molecular weight is 1070 g/mol. The standard InChI is InChI=1S/C57H70N10O11/c1-38(15-18-49(69)59-37-68)67-35-45-43(53(67)72)13-9-14-46(45)60-50(70)36-75-30-10-29-74-28-6-5-7-31-76-42-16-17-48-44(34-42)47(21-32-77-48)61-52(71)40-11-8-12-41(33-40)63-57(22-26-66(27-23-57)55(73)78-56(2,3)4)54-62-51(64-65-54)39-19-24-58-25-20-39/h8-9,11-14,16-17,19-20,24-25,33-34,37-38,47,63H,5-7,10,15,18,21-23,26-32,35-36H2,1-4H3,(H,60,70)(H,61,71)(H,59,68,69)(H,62,64,65). The molecule has 0 radical (unpaired) electrons. The van der Waals surface area contributed by atoms with Gasteiger partial charge in [-0.15, -0.1) is 0 Å². The van der Waals surface area contributed by atoms with Crippen LogP contribution in [0.2, 0.25) is 0 Å². The molecule has 21 heteroatoms. The number of carbonyl (C=O) groups excluding carboxylic acids is 6. The van der Waals surface area contributed by atoms with Crippen LogP contribution in [0, 0.1) is 0 Å². The number of anilines is 2. The Bertz CT molecular complexity index is 2880. The third-order valence-corrected chi connectivity index (χ3v) is 13.8. The molecule has 0 saturated carbocycles. The van der Waals surface area contributed by atoms with Crippen LogP contribution in [0.15, 0.2) is 85.2 Å². The van der Waals surface area contributed by atoms with Gasteiger partial charge in [0.05, 0.1) is 19.3 Å². The summed E-state index contributed by atoms with van der Waals surface area (Å²) in [4.78, 5) is 87.6. The van der Waals surface area contributed by atoms with Crippen LogP contribution < -0.4 is 30.7 Å². The second-order valence-corrected chi connectivity index (χ2v) is 20.7. The minimum absolute atomic E-state index is 0.109. The number of hydrogen-bond donors (Lipinski definition) is 5. The van der Waals surface area contributed by atoms with Crippen molar-refractivity contribution >= 4 is 47.5 Å². The number of amides is 6. The normalized spacial score (nSPS) is 16.0. The molecule has 2 atom stereocenters. The van der Waals surface area contributed by atoms with Gasteiger partial charge < -0.3 is 49.4 Å². The summed E-state index contributed by atoms with van der Waals surface area (Å²) in [5.74, 6) is 1.39. The maximum atomic E-state index is 14.0. The molecule has 0 spiro atoms. The Morgan fingerprint density at radius 2 is 1.68 bits per heavy atom. The van der Waals surface area contributed by atoms with Crippen LogP contribution in [-0.2, 0) is 40.7 Å². The number of hydrogen-bond acceptors (Lipinski definition) is 15. The predicted octanol–water partition coefficient (Wildman–Crippen LogP) is 7.47. The zero-order valence-corrected chi connectivity index (χ0v) is 44.8. The molecule has 1 saturated heterocycles. The van der Waals surface area contributed by atoms with Crippen molar-refractivity contribution in [1.29, 1.82) is 0 Å². The highest BCUT2D eigenvalue weighted by molar-refractivity contribution is 6.02. The smallest absolute Gasteiger partial charge is 0.410 e. The van der Waals surface area contributed by atoms with Gasteiger partial charge in [0.25, 0.3) is 11.8 Å². The number of nitrogens with one attached hydrogen (secondary N) is 5. The maximum Gasteiger partial charge on any atom is 0.410 e. The molecule has 0 bridgehead atoms. The van der Waals surface area contributed by atoms with Gasteiger partial charge in [-0.2, -0.15) is 5.10 Å². The largest absolute Gasteiger partial charge is 0.494 e. The third kappa shape index (κ3) is 15.0. The first-order chi connectivity index (χ1) is 37.7. The Kier molecular flexibility index (Phi) is 19.1. The lowest BCUT2D eigenvalue weighted by Crippen LogP contribution is -2.50. The van der Waals surface area contributed by atoms with Gasteiger partial charge in [0.15, 0.2) is 11.6 Å². The van der Waals surface area contributed by atoms with Gasteiger partial charge in [0, 0.05) is 110 Å². The summed E-state index contributed by atoms with van der Waals surface area (Å²) in [5, 5.41) is 19.6. The van der Waals surface area contributed by atoms with Crippen molar-refractivity contribution in [3.05, 3.63) is 113 Å². The number of carbonyl (C=O) groups is 6. The number of pyridine rings is 1. The summed E-state index contributed by atoms with van der Waals surface area (Å²) >= 11 is 0. The Morgan fingerprint density at radius 1 is 0.910 bits per heavy atom. The molecule has 5 aromatic rings. The topological polar surface area (TPSA) is 258 Å². The average Bonchev–Trinajstić information content (AvgIpc) is 4.11. The lowest BCUT2D eigenvalue weighted by Gasteiger charge is -2.41. The van der Waals surface area contributed by atoms with Crippen LogP contribution in [0.1, 0.15) is 129 Å². The number of aromatic nitrogens is 4. The first-order valence-corrected chi connectivity index (χ1v) is 26.7. The number of likely N-dealkylation sites (tertiary alicyclic amines) is 1. The number of fused-ring (bicyclic) bond motifs is 2. The number of aromatic amines is 1. The Hall–Kier alpha value is -7.91. The van der Waals surface area contributed by atoms with Crippen molar-refractivity contribution in [3.8, 4) is 22.9 Å². The van der Waals surface area contributed by atoms with Gasteiger partial charge in [0.2, 0.25) is 18.2 Å². The van der Waals surface area contributed by atoms with E-state index in [1.54, 1.807) is 46.5 Å². The lowest BCUT2D eigenvalue weighted by atomic mass is 9.86. The van der Waals surface area contributed by atoms with Gasteiger partial charge in [-0.05, 0) is 133 Å². The SMILES string of the molecule is CC(CCC(=O)NC=O)N1Cc2c(NC(=O)COCCCOCCCCCOc3ccc4c(c3)C(NC(=O)c3cccc(NC5(c6nc(-c7ccncc7)n[nH]6)CCN(C(=O)OC(C)(C)C)CC5)c3)CCO4)cccc2C1=O. The van der Waals surface area contributed by atoms with Crippen molar-refractivity contribution in [2.45, 2.75) is 115 Å². The number of imide groups is 1. The molecule has 3 aromatic carbocycles. The van der Waals surface area contributed by atoms with E-state index in [1.807, 2.05) is 76.2 Å². The molecule has 5 N–H and O–H groups in total. The van der Waals surface area contributed by atoms with E-state index in [2.05, 4.69) is 36.4 Å². The number of piperidine rings is 1. The molecule has 2 unspecified atom stereocenters. The van der Waals surface area contributed by atoms with Crippen molar-refractivity contribution in [3.63, 3.8) is 0 Å². The second-order valence-electron chi connectivity index (χ2n) is 20.7. The molecule has 2 aromatic heterocycles. The van der Waals surface area contributed by atoms with Gasteiger partial charge in [-0.25, -0.2) is 9.78 Å². The summed E-state index contributed by atoms with van der Waals surface area (Å²) in [5.41, 5.74) is 3.24. The van der Waals surface area contributed by atoms with Gasteiger partial charge in [0.1, 0.15) is 29.2 Å². The van der Waals surface area contributed by atoms with Crippen molar-refractivity contribution in [2.24, 2.45) is 0 Å². The van der Waals surface area contributed by atoms with Crippen LogP contribution in [0.5, 0.6) is 11.5 Å². The van der Waals surface area contributed by atoms with Gasteiger partial charge in [-0.3, -0.25) is 39.4 Å². The van der Waals surface area contributed by atoms with E-state index in [0.717, 1.165) is 30.4 Å². The molecule has 414 valence electrons. The fourth-order valence-electron chi connectivity index (χ4n) is 9.64. The Balaban J connectivity index is 0.743. The lowest BCUT2D eigenvalue weighted by molar-refractivity contribution is -0.125. The van der Waals surface area contributed by atoms with Crippen LogP contribution in [-0.4, -0.2) is 130 Å². The zero-order valence-electron chi connectivity index (χ0n) is 44.8. The highest BCUT2D eigenvalue weighted by atomic mass is 16.6.